The molecule has 1 aromatic carbocycles. The SMILES string of the molecule is C[C@H]1C[C@H](c2ccc(C(=O)N(C)C)cc2)CCN1Cc1cc2c(-n3ccc(N(C)C(=O)OC(C)(C)C)cc3=O)ccnc2n1C. The van der Waals surface area contributed by atoms with Gasteiger partial charge in [-0.05, 0) is 88.9 Å². The molecule has 4 aromatic rings. The smallest absolute Gasteiger partial charge is 0.414 e. The van der Waals surface area contributed by atoms with Crippen LogP contribution < -0.4 is 10.5 Å². The number of anilines is 1. The van der Waals surface area contributed by atoms with Gasteiger partial charge in [-0.2, -0.15) is 0 Å². The lowest BCUT2D eigenvalue weighted by Gasteiger charge is -2.38. The van der Waals surface area contributed by atoms with E-state index in [0.717, 1.165) is 48.3 Å². The van der Waals surface area contributed by atoms with Crippen molar-refractivity contribution in [3.8, 4) is 5.69 Å². The highest BCUT2D eigenvalue weighted by atomic mass is 16.6. The molecule has 10 nitrogen and oxygen atoms in total. The van der Waals surface area contributed by atoms with Crippen molar-refractivity contribution < 1.29 is 14.3 Å². The van der Waals surface area contributed by atoms with Crippen LogP contribution in [0.5, 0.6) is 0 Å². The summed E-state index contributed by atoms with van der Waals surface area (Å²) in [6, 6.07) is 15.6. The van der Waals surface area contributed by atoms with Crippen LogP contribution >= 0.6 is 0 Å². The maximum absolute atomic E-state index is 13.3. The van der Waals surface area contributed by atoms with E-state index in [-0.39, 0.29) is 11.5 Å². The fraction of sp³-hybridized carbons (Fsp3) is 0.429. The van der Waals surface area contributed by atoms with Crippen molar-refractivity contribution in [2.24, 2.45) is 7.05 Å². The molecule has 3 aromatic heterocycles. The summed E-state index contributed by atoms with van der Waals surface area (Å²) >= 11 is 0. The van der Waals surface area contributed by atoms with Crippen LogP contribution in [0, 0.1) is 0 Å². The molecule has 238 valence electrons. The average molecular weight is 613 g/mol. The topological polar surface area (TPSA) is 92.9 Å². The molecule has 1 aliphatic heterocycles. The van der Waals surface area contributed by atoms with Gasteiger partial charge in [-0.3, -0.25) is 24.0 Å². The second-order valence-electron chi connectivity index (χ2n) is 13.3. The fourth-order valence-corrected chi connectivity index (χ4v) is 6.05. The fourth-order valence-electron chi connectivity index (χ4n) is 6.05. The molecule has 0 bridgehead atoms. The van der Waals surface area contributed by atoms with Crippen LogP contribution in [0.4, 0.5) is 10.5 Å². The molecule has 45 heavy (non-hydrogen) atoms. The third-order valence-corrected chi connectivity index (χ3v) is 8.64. The van der Waals surface area contributed by atoms with E-state index in [9.17, 15) is 14.4 Å². The van der Waals surface area contributed by atoms with Crippen molar-refractivity contribution in [3.63, 3.8) is 0 Å². The molecule has 1 aliphatic rings. The van der Waals surface area contributed by atoms with Gasteiger partial charge in [-0.25, -0.2) is 9.78 Å². The maximum Gasteiger partial charge on any atom is 0.414 e. The number of hydrogen-bond donors (Lipinski definition) is 0. The molecule has 10 heteroatoms. The number of benzene rings is 1. The van der Waals surface area contributed by atoms with Gasteiger partial charge in [0.1, 0.15) is 11.2 Å². The van der Waals surface area contributed by atoms with Gasteiger partial charge >= 0.3 is 6.09 Å². The first kappa shape index (κ1) is 32.0. The number of rotatable bonds is 6. The van der Waals surface area contributed by atoms with Gasteiger partial charge in [0.15, 0.2) is 0 Å². The predicted octanol–water partition coefficient (Wildman–Crippen LogP) is 5.57. The predicted molar refractivity (Wildman–Crippen MR) is 177 cm³/mol. The Labute approximate surface area is 264 Å². The maximum atomic E-state index is 13.3. The molecule has 0 spiro atoms. The summed E-state index contributed by atoms with van der Waals surface area (Å²) in [5.74, 6) is 0.467. The lowest BCUT2D eigenvalue weighted by Crippen LogP contribution is -2.39. The molecule has 0 radical (unpaired) electrons. The molecule has 0 unspecified atom stereocenters. The number of carbonyl (C=O) groups excluding carboxylic acids is 2. The first-order valence-electron chi connectivity index (χ1n) is 15.4. The minimum Gasteiger partial charge on any atom is -0.443 e. The number of ether oxygens (including phenoxy) is 1. The zero-order valence-electron chi connectivity index (χ0n) is 27.6. The number of aromatic nitrogens is 3. The van der Waals surface area contributed by atoms with Crippen molar-refractivity contribution in [1.29, 1.82) is 0 Å². The summed E-state index contributed by atoms with van der Waals surface area (Å²) in [7, 11) is 7.15. The van der Waals surface area contributed by atoms with Crippen LogP contribution in [0.2, 0.25) is 0 Å². The summed E-state index contributed by atoms with van der Waals surface area (Å²) in [5, 5.41) is 0.889. The van der Waals surface area contributed by atoms with Gasteiger partial charge in [0, 0.05) is 75.9 Å². The van der Waals surface area contributed by atoms with E-state index in [1.165, 1.54) is 16.5 Å². The monoisotopic (exact) mass is 612 g/mol. The highest BCUT2D eigenvalue weighted by Gasteiger charge is 2.28. The average Bonchev–Trinajstić information content (AvgIpc) is 3.31. The normalized spacial score (nSPS) is 17.3. The highest BCUT2D eigenvalue weighted by molar-refractivity contribution is 5.94. The quantitative estimate of drug-likeness (QED) is 0.283. The number of nitrogens with zero attached hydrogens (tertiary/aromatic N) is 6. The van der Waals surface area contributed by atoms with Crippen molar-refractivity contribution >= 4 is 28.7 Å². The van der Waals surface area contributed by atoms with E-state index >= 15 is 0 Å². The first-order valence-corrected chi connectivity index (χ1v) is 15.4. The van der Waals surface area contributed by atoms with Gasteiger partial charge in [-0.1, -0.05) is 12.1 Å². The minimum atomic E-state index is -0.636. The number of pyridine rings is 2. The van der Waals surface area contributed by atoms with Crippen LogP contribution in [0.25, 0.3) is 16.7 Å². The van der Waals surface area contributed by atoms with Gasteiger partial charge in [0.2, 0.25) is 0 Å². The zero-order valence-corrected chi connectivity index (χ0v) is 27.6. The van der Waals surface area contributed by atoms with E-state index < -0.39 is 11.7 Å². The molecule has 1 fully saturated rings. The lowest BCUT2D eigenvalue weighted by molar-refractivity contribution is 0.0589. The van der Waals surface area contributed by atoms with Crippen LogP contribution in [-0.4, -0.2) is 75.2 Å². The van der Waals surface area contributed by atoms with Crippen LogP contribution in [0.15, 0.2) is 65.7 Å². The molecule has 2 amide bonds. The second-order valence-corrected chi connectivity index (χ2v) is 13.3. The highest BCUT2D eigenvalue weighted by Crippen LogP contribution is 2.33. The lowest BCUT2D eigenvalue weighted by atomic mass is 9.85. The number of likely N-dealkylation sites (tertiary alicyclic amines) is 1. The number of fused-ring (bicyclic) bond motifs is 1. The van der Waals surface area contributed by atoms with Gasteiger partial charge < -0.3 is 14.2 Å². The second kappa shape index (κ2) is 12.5. The Morgan fingerprint density at radius 3 is 2.38 bits per heavy atom. The standard InChI is InChI=1S/C35H44N6O4/c1-23-19-26(24-9-11-25(12-10-24)33(43)37(5)6)14-17-40(23)22-28-20-29-30(13-16-36-32(29)38(28)7)41-18-15-27(21-31(41)42)39(8)34(44)45-35(2,3)4/h9-13,15-16,18,20-21,23,26H,14,17,19,22H2,1-8H3/t23-,26+/m0/s1. The molecular weight excluding hydrogens is 568 g/mol. The van der Waals surface area contributed by atoms with Gasteiger partial charge in [-0.15, -0.1) is 0 Å². The Kier molecular flexibility index (Phi) is 8.89. The number of carbonyl (C=O) groups is 2. The molecule has 1 saturated heterocycles. The number of amides is 2. The summed E-state index contributed by atoms with van der Waals surface area (Å²) in [6.45, 7) is 9.42. The van der Waals surface area contributed by atoms with Crippen LogP contribution in [0.3, 0.4) is 0 Å². The Balaban J connectivity index is 1.32. The van der Waals surface area contributed by atoms with E-state index in [1.807, 2.05) is 25.2 Å². The first-order chi connectivity index (χ1) is 21.2. The Morgan fingerprint density at radius 1 is 1.04 bits per heavy atom. The molecule has 0 aliphatic carbocycles. The van der Waals surface area contributed by atoms with E-state index in [1.54, 1.807) is 69.8 Å². The van der Waals surface area contributed by atoms with Crippen molar-refractivity contribution in [2.45, 2.75) is 64.6 Å². The minimum absolute atomic E-state index is 0.0185. The van der Waals surface area contributed by atoms with Crippen molar-refractivity contribution in [1.82, 2.24) is 23.9 Å². The van der Waals surface area contributed by atoms with Gasteiger partial charge in [0.25, 0.3) is 11.5 Å². The van der Waals surface area contributed by atoms with E-state index in [4.69, 9.17) is 4.74 Å². The number of aryl methyl sites for hydroxylation is 1. The molecule has 2 atom stereocenters. The summed E-state index contributed by atoms with van der Waals surface area (Å²) in [5.41, 5.74) is 4.23. The van der Waals surface area contributed by atoms with Crippen LogP contribution in [-0.2, 0) is 18.3 Å². The van der Waals surface area contributed by atoms with E-state index in [2.05, 4.69) is 39.6 Å². The summed E-state index contributed by atoms with van der Waals surface area (Å²) in [4.78, 5) is 48.2. The molecular formula is C35H44N6O4. The molecule has 0 saturated carbocycles. The van der Waals surface area contributed by atoms with Crippen molar-refractivity contribution in [2.75, 3.05) is 32.6 Å². The summed E-state index contributed by atoms with van der Waals surface area (Å²) in [6.07, 6.45) is 4.97. The largest absolute Gasteiger partial charge is 0.443 e. The van der Waals surface area contributed by atoms with Gasteiger partial charge in [0.05, 0.1) is 11.4 Å². The Bertz CT molecular complexity index is 1770. The van der Waals surface area contributed by atoms with Crippen LogP contribution in [0.1, 0.15) is 68.1 Å². The Morgan fingerprint density at radius 2 is 1.76 bits per heavy atom. The number of hydrogen-bond acceptors (Lipinski definition) is 6. The number of piperidine rings is 1. The summed E-state index contributed by atoms with van der Waals surface area (Å²) < 4.78 is 9.14. The molecule has 5 rings (SSSR count). The molecule has 4 heterocycles. The van der Waals surface area contributed by atoms with Crippen molar-refractivity contribution in [3.05, 3.63) is 88.1 Å². The third-order valence-electron chi connectivity index (χ3n) is 8.64. The third kappa shape index (κ3) is 6.81. The Hall–Kier alpha value is -4.44. The molecule has 0 N–H and O–H groups in total. The van der Waals surface area contributed by atoms with E-state index in [0.29, 0.717) is 23.2 Å². The zero-order chi connectivity index (χ0) is 32.6.